The normalized spacial score (nSPS) is 25.2. The Balaban J connectivity index is 2.28. The molecule has 0 aromatic rings. The molecule has 1 rings (SSSR count). The van der Waals surface area contributed by atoms with E-state index in [1.54, 1.807) is 0 Å². The first-order chi connectivity index (χ1) is 7.93. The van der Waals surface area contributed by atoms with Gasteiger partial charge in [0.25, 0.3) is 0 Å². The first-order valence-corrected chi connectivity index (χ1v) is 7.98. The molecule has 0 aromatic heterocycles. The van der Waals surface area contributed by atoms with E-state index in [4.69, 9.17) is 0 Å². The lowest BCUT2D eigenvalue weighted by atomic mass is 10.2. The molecule has 17 heavy (non-hydrogen) atoms. The molecular formula is C11H22N2O3S. The molecule has 2 unspecified atom stereocenters. The third-order valence-corrected chi connectivity index (χ3v) is 4.86. The third kappa shape index (κ3) is 5.50. The molecule has 1 aliphatic heterocycles. The molecule has 0 spiro atoms. The summed E-state index contributed by atoms with van der Waals surface area (Å²) in [6.45, 7) is 4.15. The van der Waals surface area contributed by atoms with Gasteiger partial charge in [0.2, 0.25) is 5.91 Å². The van der Waals surface area contributed by atoms with Gasteiger partial charge in [-0.25, -0.2) is 8.42 Å². The number of hydrogen-bond donors (Lipinski definition) is 2. The largest absolute Gasteiger partial charge is 0.353 e. The van der Waals surface area contributed by atoms with E-state index in [1.165, 1.54) is 0 Å². The van der Waals surface area contributed by atoms with Crippen LogP contribution in [0.15, 0.2) is 0 Å². The van der Waals surface area contributed by atoms with E-state index in [9.17, 15) is 13.2 Å². The fourth-order valence-electron chi connectivity index (χ4n) is 1.85. The van der Waals surface area contributed by atoms with Crippen molar-refractivity contribution in [2.75, 3.05) is 18.1 Å². The quantitative estimate of drug-likeness (QED) is 0.735. The van der Waals surface area contributed by atoms with Crippen LogP contribution in [-0.2, 0) is 14.6 Å². The highest BCUT2D eigenvalue weighted by Crippen LogP contribution is 2.11. The molecule has 2 N–H and O–H groups in total. The van der Waals surface area contributed by atoms with Gasteiger partial charge in [0.15, 0.2) is 9.84 Å². The summed E-state index contributed by atoms with van der Waals surface area (Å²) < 4.78 is 22.8. The van der Waals surface area contributed by atoms with Gasteiger partial charge in [0.1, 0.15) is 0 Å². The molecular weight excluding hydrogens is 240 g/mol. The number of hydrogen-bond acceptors (Lipinski definition) is 4. The van der Waals surface area contributed by atoms with Crippen LogP contribution < -0.4 is 10.6 Å². The molecule has 0 aromatic carbocycles. The Morgan fingerprint density at radius 2 is 2.18 bits per heavy atom. The summed E-state index contributed by atoms with van der Waals surface area (Å²) in [4.78, 5) is 11.5. The van der Waals surface area contributed by atoms with Crippen LogP contribution in [0.3, 0.4) is 0 Å². The number of carbonyl (C=O) groups excluding carboxylic acids is 1. The molecule has 1 fully saturated rings. The Hall–Kier alpha value is -0.620. The predicted molar refractivity (Wildman–Crippen MR) is 67.6 cm³/mol. The molecule has 1 aliphatic rings. The lowest BCUT2D eigenvalue weighted by molar-refractivity contribution is -0.121. The molecule has 1 heterocycles. The van der Waals surface area contributed by atoms with Crippen LogP contribution in [0.2, 0.25) is 0 Å². The van der Waals surface area contributed by atoms with Gasteiger partial charge >= 0.3 is 0 Å². The summed E-state index contributed by atoms with van der Waals surface area (Å²) in [5.41, 5.74) is 0. The van der Waals surface area contributed by atoms with E-state index in [2.05, 4.69) is 10.6 Å². The zero-order valence-corrected chi connectivity index (χ0v) is 11.3. The Labute approximate surface area is 103 Å². The number of carbonyl (C=O) groups is 1. The van der Waals surface area contributed by atoms with Gasteiger partial charge in [-0.3, -0.25) is 4.79 Å². The highest BCUT2D eigenvalue weighted by Gasteiger charge is 2.24. The molecule has 2 atom stereocenters. The second kappa shape index (κ2) is 6.35. The fourth-order valence-corrected chi connectivity index (χ4v) is 3.52. The Morgan fingerprint density at radius 1 is 1.47 bits per heavy atom. The molecule has 0 saturated carbocycles. The van der Waals surface area contributed by atoms with Crippen molar-refractivity contribution in [3.05, 3.63) is 0 Å². The van der Waals surface area contributed by atoms with Crippen LogP contribution in [-0.4, -0.2) is 44.5 Å². The Bertz CT molecular complexity index is 354. The second-order valence-electron chi connectivity index (χ2n) is 4.71. The number of rotatable bonds is 5. The van der Waals surface area contributed by atoms with Crippen LogP contribution >= 0.6 is 0 Å². The molecule has 100 valence electrons. The third-order valence-electron chi connectivity index (χ3n) is 3.03. The summed E-state index contributed by atoms with van der Waals surface area (Å²) >= 11 is 0. The average molecular weight is 262 g/mol. The standard InChI is InChI=1S/C11H22N2O3S/c1-3-9(2)13-11(14)7-12-10-5-4-6-17(15,16)8-10/h9-10,12H,3-8H2,1-2H3,(H,13,14). The first-order valence-electron chi connectivity index (χ1n) is 6.16. The van der Waals surface area contributed by atoms with Gasteiger partial charge in [-0.05, 0) is 26.2 Å². The molecule has 1 amide bonds. The monoisotopic (exact) mass is 262 g/mol. The minimum atomic E-state index is -2.90. The number of sulfone groups is 1. The van der Waals surface area contributed by atoms with Gasteiger partial charge in [-0.15, -0.1) is 0 Å². The Kier molecular flexibility index (Phi) is 5.39. The highest BCUT2D eigenvalue weighted by molar-refractivity contribution is 7.91. The molecule has 0 aliphatic carbocycles. The maximum atomic E-state index is 11.5. The van der Waals surface area contributed by atoms with Crippen LogP contribution in [0, 0.1) is 0 Å². The maximum Gasteiger partial charge on any atom is 0.234 e. The molecule has 6 heteroatoms. The van der Waals surface area contributed by atoms with Crippen LogP contribution in [0.1, 0.15) is 33.1 Å². The lowest BCUT2D eigenvalue weighted by Crippen LogP contribution is -2.46. The minimum absolute atomic E-state index is 0.0673. The zero-order chi connectivity index (χ0) is 12.9. The van der Waals surface area contributed by atoms with Crippen LogP contribution in [0.5, 0.6) is 0 Å². The summed E-state index contributed by atoms with van der Waals surface area (Å²) in [6.07, 6.45) is 2.41. The summed E-state index contributed by atoms with van der Waals surface area (Å²) in [7, 11) is -2.90. The lowest BCUT2D eigenvalue weighted by Gasteiger charge is -2.23. The van der Waals surface area contributed by atoms with E-state index in [-0.39, 0.29) is 36.0 Å². The summed E-state index contributed by atoms with van der Waals surface area (Å²) in [6, 6.07) is 0.0934. The van der Waals surface area contributed by atoms with Crippen molar-refractivity contribution in [3.8, 4) is 0 Å². The van der Waals surface area contributed by atoms with Crippen molar-refractivity contribution in [2.24, 2.45) is 0 Å². The van der Waals surface area contributed by atoms with Crippen molar-refractivity contribution < 1.29 is 13.2 Å². The smallest absolute Gasteiger partial charge is 0.234 e. The predicted octanol–water partition coefficient (Wildman–Crippen LogP) is 0.0679. The second-order valence-corrected chi connectivity index (χ2v) is 6.94. The fraction of sp³-hybridized carbons (Fsp3) is 0.909. The van der Waals surface area contributed by atoms with Crippen molar-refractivity contribution in [3.63, 3.8) is 0 Å². The molecule has 1 saturated heterocycles. The van der Waals surface area contributed by atoms with E-state index >= 15 is 0 Å². The average Bonchev–Trinajstić information content (AvgIpc) is 2.25. The maximum absolute atomic E-state index is 11.5. The topological polar surface area (TPSA) is 75.3 Å². The van der Waals surface area contributed by atoms with Crippen molar-refractivity contribution >= 4 is 15.7 Å². The molecule has 0 radical (unpaired) electrons. The van der Waals surface area contributed by atoms with Gasteiger partial charge < -0.3 is 10.6 Å². The van der Waals surface area contributed by atoms with Gasteiger partial charge in [-0.1, -0.05) is 6.92 Å². The van der Waals surface area contributed by atoms with E-state index < -0.39 is 9.84 Å². The van der Waals surface area contributed by atoms with Gasteiger partial charge in [0, 0.05) is 12.1 Å². The zero-order valence-electron chi connectivity index (χ0n) is 10.5. The molecule has 5 nitrogen and oxygen atoms in total. The van der Waals surface area contributed by atoms with Crippen LogP contribution in [0.4, 0.5) is 0 Å². The van der Waals surface area contributed by atoms with Gasteiger partial charge in [0.05, 0.1) is 18.1 Å². The van der Waals surface area contributed by atoms with Crippen molar-refractivity contribution in [1.29, 1.82) is 0 Å². The summed E-state index contributed by atoms with van der Waals surface area (Å²) in [5.74, 6) is 0.371. The van der Waals surface area contributed by atoms with E-state index in [1.807, 2.05) is 13.8 Å². The Morgan fingerprint density at radius 3 is 2.76 bits per heavy atom. The highest BCUT2D eigenvalue weighted by atomic mass is 32.2. The summed E-state index contributed by atoms with van der Waals surface area (Å²) in [5, 5.41) is 5.85. The van der Waals surface area contributed by atoms with Crippen LogP contribution in [0.25, 0.3) is 0 Å². The van der Waals surface area contributed by atoms with Gasteiger partial charge in [-0.2, -0.15) is 0 Å². The van der Waals surface area contributed by atoms with E-state index in [0.717, 1.165) is 12.8 Å². The van der Waals surface area contributed by atoms with Crippen molar-refractivity contribution in [1.82, 2.24) is 10.6 Å². The number of amides is 1. The minimum Gasteiger partial charge on any atom is -0.353 e. The first kappa shape index (κ1) is 14.4. The number of nitrogens with one attached hydrogen (secondary N) is 2. The van der Waals surface area contributed by atoms with E-state index in [0.29, 0.717) is 6.42 Å². The van der Waals surface area contributed by atoms with Crippen molar-refractivity contribution in [2.45, 2.75) is 45.2 Å². The SMILES string of the molecule is CCC(C)NC(=O)CNC1CCCS(=O)(=O)C1. The molecule has 0 bridgehead atoms.